The van der Waals surface area contributed by atoms with Crippen molar-refractivity contribution in [2.75, 3.05) is 5.32 Å². The van der Waals surface area contributed by atoms with Gasteiger partial charge in [-0.25, -0.2) is 18.2 Å². The second-order valence-corrected chi connectivity index (χ2v) is 8.06. The highest BCUT2D eigenvalue weighted by atomic mass is 19.3. The van der Waals surface area contributed by atoms with Crippen LogP contribution in [0.15, 0.2) is 55.2 Å². The fourth-order valence-electron chi connectivity index (χ4n) is 4.14. The summed E-state index contributed by atoms with van der Waals surface area (Å²) < 4.78 is 43.0. The number of para-hydroxylation sites is 1. The molecule has 0 aliphatic heterocycles. The maximum atomic E-state index is 14.7. The molecule has 0 atom stereocenters. The Kier molecular flexibility index (Phi) is 4.96. The molecule has 3 aromatic heterocycles. The van der Waals surface area contributed by atoms with E-state index in [1.165, 1.54) is 29.4 Å². The molecule has 0 unspecified atom stereocenters. The van der Waals surface area contributed by atoms with Gasteiger partial charge in [0.1, 0.15) is 17.8 Å². The van der Waals surface area contributed by atoms with E-state index in [-0.39, 0.29) is 43.0 Å². The van der Waals surface area contributed by atoms with Gasteiger partial charge in [0.25, 0.3) is 5.91 Å². The Morgan fingerprint density at radius 2 is 1.97 bits per heavy atom. The van der Waals surface area contributed by atoms with Crippen molar-refractivity contribution in [3.8, 4) is 5.69 Å². The average Bonchev–Trinajstić information content (AvgIpc) is 3.42. The Morgan fingerprint density at radius 3 is 2.75 bits per heavy atom. The molecule has 3 heterocycles. The molecule has 0 spiro atoms. The van der Waals surface area contributed by atoms with Gasteiger partial charge in [-0.2, -0.15) is 0 Å². The first-order valence-corrected chi connectivity index (χ1v) is 10.3. The van der Waals surface area contributed by atoms with Crippen molar-refractivity contribution in [2.24, 2.45) is 0 Å². The Balaban J connectivity index is 1.32. The molecule has 2 N–H and O–H groups in total. The number of carbonyl (C=O) groups is 1. The summed E-state index contributed by atoms with van der Waals surface area (Å²) in [6.45, 7) is 0. The van der Waals surface area contributed by atoms with E-state index in [2.05, 4.69) is 20.3 Å². The van der Waals surface area contributed by atoms with Gasteiger partial charge in [-0.3, -0.25) is 9.78 Å². The molecule has 5 rings (SSSR count). The molecule has 0 saturated heterocycles. The second-order valence-electron chi connectivity index (χ2n) is 8.06. The number of hydrogen-bond donors (Lipinski definition) is 2. The largest absolute Gasteiger partial charge is 0.359 e. The van der Waals surface area contributed by atoms with E-state index in [4.69, 9.17) is 0 Å². The molecule has 1 aromatic carbocycles. The number of aromatic amines is 1. The summed E-state index contributed by atoms with van der Waals surface area (Å²) in [5.74, 6) is -3.94. The zero-order chi connectivity index (χ0) is 22.3. The van der Waals surface area contributed by atoms with Crippen molar-refractivity contribution in [3.05, 3.63) is 72.5 Å². The van der Waals surface area contributed by atoms with Crippen molar-refractivity contribution in [1.82, 2.24) is 19.5 Å². The summed E-state index contributed by atoms with van der Waals surface area (Å²) in [5, 5.41) is 3.70. The van der Waals surface area contributed by atoms with Crippen molar-refractivity contribution in [1.29, 1.82) is 0 Å². The van der Waals surface area contributed by atoms with Crippen LogP contribution in [-0.2, 0) is 0 Å². The number of nitrogens with one attached hydrogen (secondary N) is 2. The van der Waals surface area contributed by atoms with Crippen LogP contribution in [0.5, 0.6) is 0 Å². The summed E-state index contributed by atoms with van der Waals surface area (Å²) >= 11 is 0. The highest BCUT2D eigenvalue weighted by Crippen LogP contribution is 2.41. The van der Waals surface area contributed by atoms with Crippen molar-refractivity contribution >= 4 is 22.5 Å². The van der Waals surface area contributed by atoms with Crippen LogP contribution >= 0.6 is 0 Å². The third-order valence-electron chi connectivity index (χ3n) is 5.91. The number of nitrogens with zero attached hydrogens (tertiary/aromatic N) is 3. The van der Waals surface area contributed by atoms with Gasteiger partial charge >= 0.3 is 0 Å². The lowest BCUT2D eigenvalue weighted by atomic mass is 9.84. The monoisotopic (exact) mass is 439 g/mol. The van der Waals surface area contributed by atoms with Gasteiger partial charge in [0, 0.05) is 48.1 Å². The van der Waals surface area contributed by atoms with E-state index >= 15 is 0 Å². The molecule has 9 heteroatoms. The van der Waals surface area contributed by atoms with Gasteiger partial charge in [0.2, 0.25) is 5.92 Å². The van der Waals surface area contributed by atoms with Crippen LogP contribution in [0.1, 0.15) is 47.8 Å². The van der Waals surface area contributed by atoms with Crippen LogP contribution in [0, 0.1) is 5.82 Å². The zero-order valence-electron chi connectivity index (χ0n) is 17.0. The average molecular weight is 439 g/mol. The van der Waals surface area contributed by atoms with Crippen LogP contribution in [0.3, 0.4) is 0 Å². The summed E-state index contributed by atoms with van der Waals surface area (Å²) in [4.78, 5) is 24.0. The number of fused-ring (bicyclic) bond motifs is 1. The van der Waals surface area contributed by atoms with Crippen molar-refractivity contribution in [3.63, 3.8) is 0 Å². The number of benzene rings is 1. The minimum Gasteiger partial charge on any atom is -0.359 e. The first kappa shape index (κ1) is 20.3. The molecule has 6 nitrogen and oxygen atoms in total. The van der Waals surface area contributed by atoms with Gasteiger partial charge in [-0.1, -0.05) is 18.2 Å². The quantitative estimate of drug-likeness (QED) is 0.445. The predicted octanol–water partition coefficient (Wildman–Crippen LogP) is 5.43. The molecular formula is C23H20F3N5O. The first-order valence-electron chi connectivity index (χ1n) is 10.3. The predicted molar refractivity (Wildman–Crippen MR) is 114 cm³/mol. The van der Waals surface area contributed by atoms with Crippen LogP contribution in [0.4, 0.5) is 18.9 Å². The van der Waals surface area contributed by atoms with E-state index in [0.29, 0.717) is 11.4 Å². The number of carbonyl (C=O) groups excluding carboxylic acids is 1. The minimum absolute atomic E-state index is 0.161. The highest BCUT2D eigenvalue weighted by molar-refractivity contribution is 6.07. The number of aromatic nitrogens is 4. The molecule has 1 fully saturated rings. The summed E-state index contributed by atoms with van der Waals surface area (Å²) in [6.07, 6.45) is 5.97. The van der Waals surface area contributed by atoms with E-state index < -0.39 is 17.6 Å². The van der Waals surface area contributed by atoms with Gasteiger partial charge in [0.05, 0.1) is 23.3 Å². The minimum atomic E-state index is -2.67. The van der Waals surface area contributed by atoms with Crippen LogP contribution < -0.4 is 5.32 Å². The molecule has 1 aliphatic rings. The molecule has 0 radical (unpaired) electrons. The highest BCUT2D eigenvalue weighted by Gasteiger charge is 2.36. The van der Waals surface area contributed by atoms with Crippen LogP contribution in [0.25, 0.3) is 16.6 Å². The number of pyridine rings is 1. The van der Waals surface area contributed by atoms with Crippen LogP contribution in [0.2, 0.25) is 0 Å². The summed E-state index contributed by atoms with van der Waals surface area (Å²) in [7, 11) is 0. The fourth-order valence-corrected chi connectivity index (χ4v) is 4.14. The van der Waals surface area contributed by atoms with Crippen molar-refractivity contribution in [2.45, 2.75) is 37.5 Å². The maximum absolute atomic E-state index is 14.7. The molecule has 4 aromatic rings. The Morgan fingerprint density at radius 1 is 1.19 bits per heavy atom. The number of alkyl halides is 2. The SMILES string of the molecule is O=C(Nc1c[nH]c2ccccc12)c1cn(-c2cnc(C3CCC(F)(F)CC3)c(F)c2)cn1. The lowest BCUT2D eigenvalue weighted by molar-refractivity contribution is -0.0387. The second kappa shape index (κ2) is 7.81. The number of anilines is 1. The van der Waals surface area contributed by atoms with Gasteiger partial charge < -0.3 is 14.9 Å². The van der Waals surface area contributed by atoms with Gasteiger partial charge in [0.15, 0.2) is 0 Å². The Labute approximate surface area is 181 Å². The molecule has 1 amide bonds. The van der Waals surface area contributed by atoms with E-state index in [0.717, 1.165) is 10.9 Å². The Hall–Kier alpha value is -3.62. The molecule has 0 bridgehead atoms. The maximum Gasteiger partial charge on any atom is 0.275 e. The summed E-state index contributed by atoms with van der Waals surface area (Å²) in [6, 6.07) is 8.87. The number of imidazole rings is 1. The normalized spacial score (nSPS) is 16.3. The fraction of sp³-hybridized carbons (Fsp3) is 0.261. The first-order chi connectivity index (χ1) is 15.4. The summed E-state index contributed by atoms with van der Waals surface area (Å²) in [5.41, 5.74) is 2.30. The third-order valence-corrected chi connectivity index (χ3v) is 5.91. The van der Waals surface area contributed by atoms with Crippen molar-refractivity contribution < 1.29 is 18.0 Å². The number of rotatable bonds is 4. The standard InChI is InChI=1S/C23H20F3N5O/c24-17-9-15(10-28-21(17)14-5-7-23(25,26)8-6-14)31-12-20(29-13-31)22(32)30-19-11-27-18-4-2-1-3-16(18)19/h1-4,9-14,27H,5-8H2,(H,30,32). The third kappa shape index (κ3) is 3.86. The van der Waals surface area contributed by atoms with Gasteiger partial charge in [-0.05, 0) is 18.9 Å². The topological polar surface area (TPSA) is 75.6 Å². The smallest absolute Gasteiger partial charge is 0.275 e. The lowest BCUT2D eigenvalue weighted by Gasteiger charge is -2.28. The van der Waals surface area contributed by atoms with E-state index in [1.807, 2.05) is 24.3 Å². The number of H-pyrrole nitrogens is 1. The number of halogens is 3. The van der Waals surface area contributed by atoms with Gasteiger partial charge in [-0.15, -0.1) is 0 Å². The lowest BCUT2D eigenvalue weighted by Crippen LogP contribution is -2.24. The Bertz CT molecular complexity index is 1290. The van der Waals surface area contributed by atoms with E-state index in [9.17, 15) is 18.0 Å². The molecular weight excluding hydrogens is 419 g/mol. The molecule has 164 valence electrons. The molecule has 1 saturated carbocycles. The number of hydrogen-bond acceptors (Lipinski definition) is 3. The number of amides is 1. The zero-order valence-corrected chi connectivity index (χ0v) is 17.0. The molecule has 32 heavy (non-hydrogen) atoms. The molecule has 1 aliphatic carbocycles. The van der Waals surface area contributed by atoms with Crippen LogP contribution in [-0.4, -0.2) is 31.3 Å². The van der Waals surface area contributed by atoms with E-state index in [1.54, 1.807) is 6.20 Å².